The Morgan fingerprint density at radius 1 is 0.899 bits per heavy atom. The highest BCUT2D eigenvalue weighted by Crippen LogP contribution is 2.38. The molecule has 3 fully saturated rings. The van der Waals surface area contributed by atoms with Gasteiger partial charge in [-0.3, -0.25) is 19.2 Å². The molecule has 15 atom stereocenters. The topological polar surface area (TPSA) is 195 Å². The molecule has 1 saturated carbocycles. The molecule has 3 heterocycles. The van der Waals surface area contributed by atoms with Crippen LogP contribution in [0.3, 0.4) is 0 Å². The fourth-order valence-electron chi connectivity index (χ4n) is 10.8. The lowest BCUT2D eigenvalue weighted by molar-refractivity contribution is -0.265. The molecule has 0 spiro atoms. The van der Waals surface area contributed by atoms with E-state index in [9.17, 15) is 39.3 Å². The largest absolute Gasteiger partial charge is 0.460 e. The van der Waals surface area contributed by atoms with Crippen molar-refractivity contribution in [2.45, 2.75) is 194 Å². The smallest absolute Gasteiger partial charge is 0.329 e. The molecule has 0 radical (unpaired) electrons. The molecule has 14 nitrogen and oxygen atoms in total. The molecule has 4 aliphatic rings. The van der Waals surface area contributed by atoms with Crippen molar-refractivity contribution in [1.82, 2.24) is 4.90 Å². The number of ether oxygens (including phenoxy) is 4. The number of fused-ring (bicyclic) bond motifs is 3. The molecular weight excluding hydrogens is 899 g/mol. The highest BCUT2D eigenvalue weighted by molar-refractivity contribution is 6.69. The van der Waals surface area contributed by atoms with E-state index < -0.39 is 98.6 Å². The number of ketones is 3. The monoisotopic (exact) mass is 986 g/mol. The molecule has 1 amide bonds. The third-order valence-electron chi connectivity index (χ3n) is 15.1. The fourth-order valence-corrected chi connectivity index (χ4v) is 12.0. The molecule has 0 aromatic rings. The maximum absolute atomic E-state index is 14.5. The number of hydrogen-bond donors (Lipinski definition) is 3. The standard InChI is InChI=1S/C54H87NO13Si/c1-33-18-14-13-15-19-34(2)46(64-8)30-41-23-21-39(7)54(63,67-41)51(60)52(61)55-25-17-16-20-43(55)53(62)66-47(36(4)28-40-22-24-44(57)48(29-40)65-9)31-45(58)35(3)27-38(6)50(68-69(10,11)12)42(32-56)49(59)37(5)26-33/h13-15,18-19,27,33,36-44,46-48,50,56-57,63H,16-17,20-26,28-32H2,1-12H3/b15-13?,18-14?,34-19?,35-27+. The van der Waals surface area contributed by atoms with Crippen LogP contribution >= 0.6 is 0 Å². The van der Waals surface area contributed by atoms with Crippen LogP contribution in [0.1, 0.15) is 126 Å². The third-order valence-corrected chi connectivity index (χ3v) is 16.1. The Bertz CT molecular complexity index is 1870. The Hall–Kier alpha value is -3.15. The summed E-state index contributed by atoms with van der Waals surface area (Å²) in [5.41, 5.74) is 1.28. The summed E-state index contributed by atoms with van der Waals surface area (Å²) in [6.07, 6.45) is 13.3. The third kappa shape index (κ3) is 16.2. The van der Waals surface area contributed by atoms with Crippen LogP contribution in [0.2, 0.25) is 19.6 Å². The fraction of sp³-hybridized carbons (Fsp3) is 0.759. The van der Waals surface area contributed by atoms with E-state index in [-0.39, 0.29) is 54.8 Å². The van der Waals surface area contributed by atoms with Crippen LogP contribution in [-0.4, -0.2) is 134 Å². The number of esters is 1. The number of carbonyl (C=O) groups is 5. The molecule has 1 aliphatic carbocycles. The predicted octanol–water partition coefficient (Wildman–Crippen LogP) is 7.63. The van der Waals surface area contributed by atoms with Crippen LogP contribution in [0.4, 0.5) is 0 Å². The Morgan fingerprint density at radius 3 is 2.26 bits per heavy atom. The van der Waals surface area contributed by atoms with Crippen LogP contribution in [0.25, 0.3) is 0 Å². The van der Waals surface area contributed by atoms with Crippen LogP contribution in [0, 0.1) is 41.4 Å². The molecular formula is C54H87NO13Si. The zero-order valence-corrected chi connectivity index (χ0v) is 44.8. The van der Waals surface area contributed by atoms with Gasteiger partial charge >= 0.3 is 5.97 Å². The molecule has 4 rings (SSSR count). The Balaban J connectivity index is 1.76. The van der Waals surface area contributed by atoms with Gasteiger partial charge in [0.05, 0.1) is 43.0 Å². The van der Waals surface area contributed by atoms with Crippen molar-refractivity contribution in [1.29, 1.82) is 0 Å². The number of nitrogens with zero attached hydrogens (tertiary/aromatic N) is 1. The summed E-state index contributed by atoms with van der Waals surface area (Å²) in [6.45, 7) is 18.8. The van der Waals surface area contributed by atoms with Gasteiger partial charge in [0, 0.05) is 51.4 Å². The number of carbonyl (C=O) groups excluding carboxylic acids is 5. The maximum Gasteiger partial charge on any atom is 0.329 e. The summed E-state index contributed by atoms with van der Waals surface area (Å²) in [6, 6.07) is -1.14. The van der Waals surface area contributed by atoms with Gasteiger partial charge in [0.1, 0.15) is 17.9 Å². The molecule has 3 aliphatic heterocycles. The second kappa shape index (κ2) is 26.5. The molecule has 69 heavy (non-hydrogen) atoms. The van der Waals surface area contributed by atoms with E-state index in [2.05, 4.69) is 0 Å². The van der Waals surface area contributed by atoms with Gasteiger partial charge in [0.25, 0.3) is 11.7 Å². The van der Waals surface area contributed by atoms with Crippen LogP contribution in [0.5, 0.6) is 0 Å². The lowest BCUT2D eigenvalue weighted by Gasteiger charge is -2.42. The Kier molecular flexibility index (Phi) is 22.4. The van der Waals surface area contributed by atoms with Crippen molar-refractivity contribution in [3.05, 3.63) is 47.6 Å². The summed E-state index contributed by atoms with van der Waals surface area (Å²) < 4.78 is 30.6. The second-order valence-corrected chi connectivity index (χ2v) is 26.4. The van der Waals surface area contributed by atoms with E-state index in [4.69, 9.17) is 23.4 Å². The van der Waals surface area contributed by atoms with Crippen molar-refractivity contribution >= 4 is 37.5 Å². The first-order valence-electron chi connectivity index (χ1n) is 25.7. The second-order valence-electron chi connectivity index (χ2n) is 21.9. The van der Waals surface area contributed by atoms with Gasteiger partial charge in [-0.1, -0.05) is 71.1 Å². The van der Waals surface area contributed by atoms with Gasteiger partial charge in [0.2, 0.25) is 5.79 Å². The number of piperidine rings is 1. The van der Waals surface area contributed by atoms with Gasteiger partial charge < -0.3 is 43.6 Å². The Morgan fingerprint density at radius 2 is 1.61 bits per heavy atom. The van der Waals surface area contributed by atoms with Crippen LogP contribution < -0.4 is 0 Å². The molecule has 0 aromatic carbocycles. The lowest BCUT2D eigenvalue weighted by atomic mass is 9.78. The van der Waals surface area contributed by atoms with Crippen molar-refractivity contribution in [3.63, 3.8) is 0 Å². The average molecular weight is 986 g/mol. The molecule has 15 heteroatoms. The molecule has 2 bridgehead atoms. The number of aliphatic hydroxyl groups is 3. The van der Waals surface area contributed by atoms with E-state index in [1.54, 1.807) is 34.1 Å². The van der Waals surface area contributed by atoms with E-state index in [0.717, 1.165) is 12.0 Å². The summed E-state index contributed by atoms with van der Waals surface area (Å²) >= 11 is 0. The number of amides is 1. The zero-order valence-electron chi connectivity index (χ0n) is 43.8. The summed E-state index contributed by atoms with van der Waals surface area (Å²) in [4.78, 5) is 72.9. The van der Waals surface area contributed by atoms with E-state index >= 15 is 0 Å². The summed E-state index contributed by atoms with van der Waals surface area (Å²) in [5.74, 6) is -8.29. The SMILES string of the molecule is COC1CC2CCC(C)C(O)(O2)C(=O)C(=O)N2CCCCC2C(=O)OC(C(C)CC2CCC(O)C(OC)C2)CC(=O)/C(C)=C/C(C)C(O[Si](C)(C)C)C(CO)C(=O)C(C)CC(C)C=CC=CC=C1C. The van der Waals surface area contributed by atoms with Gasteiger partial charge in [-0.15, -0.1) is 0 Å². The zero-order chi connectivity index (χ0) is 51.4. The van der Waals surface area contributed by atoms with E-state index in [0.29, 0.717) is 63.4 Å². The van der Waals surface area contributed by atoms with Crippen molar-refractivity contribution in [3.8, 4) is 0 Å². The number of methoxy groups -OCH3 is 2. The number of allylic oxidation sites excluding steroid dienone is 6. The van der Waals surface area contributed by atoms with E-state index in [1.165, 1.54) is 4.90 Å². The number of cyclic esters (lactones) is 1. The summed E-state index contributed by atoms with van der Waals surface area (Å²) in [5, 5.41) is 33.4. The molecule has 15 unspecified atom stereocenters. The van der Waals surface area contributed by atoms with Gasteiger partial charge in [-0.2, -0.15) is 0 Å². The minimum Gasteiger partial charge on any atom is -0.460 e. The maximum atomic E-state index is 14.5. The summed E-state index contributed by atoms with van der Waals surface area (Å²) in [7, 11) is 0.855. The molecule has 390 valence electrons. The highest BCUT2D eigenvalue weighted by atomic mass is 28.4. The number of rotatable bonds is 8. The minimum atomic E-state index is -2.43. The molecule has 3 N–H and O–H groups in total. The number of Topliss-reactive ketones (excluding diaryl/α,β-unsaturated/α-hetero) is 3. The normalized spacial score (nSPS) is 37.3. The highest BCUT2D eigenvalue weighted by Gasteiger charge is 2.53. The van der Waals surface area contributed by atoms with Crippen molar-refractivity contribution in [2.75, 3.05) is 27.4 Å². The predicted molar refractivity (Wildman–Crippen MR) is 267 cm³/mol. The first-order valence-corrected chi connectivity index (χ1v) is 29.1. The number of aliphatic hydroxyl groups excluding tert-OH is 2. The first-order chi connectivity index (χ1) is 32.4. The lowest BCUT2D eigenvalue weighted by Crippen LogP contribution is -2.61. The van der Waals surface area contributed by atoms with Gasteiger partial charge in [-0.05, 0) is 127 Å². The van der Waals surface area contributed by atoms with Crippen LogP contribution in [-0.2, 0) is 47.3 Å². The molecule has 2 saturated heterocycles. The minimum absolute atomic E-state index is 0.0322. The van der Waals surface area contributed by atoms with Crippen molar-refractivity contribution < 1.29 is 62.7 Å². The van der Waals surface area contributed by atoms with Crippen LogP contribution in [0.15, 0.2) is 47.6 Å². The van der Waals surface area contributed by atoms with Crippen molar-refractivity contribution in [2.24, 2.45) is 41.4 Å². The first kappa shape index (κ1) is 58.4. The van der Waals surface area contributed by atoms with Gasteiger partial charge in [-0.25, -0.2) is 4.79 Å². The number of hydrogen-bond acceptors (Lipinski definition) is 13. The Labute approximate surface area is 413 Å². The quantitative estimate of drug-likeness (QED) is 0.122. The average Bonchev–Trinajstić information content (AvgIpc) is 3.30. The van der Waals surface area contributed by atoms with E-state index in [1.807, 2.05) is 84.6 Å². The van der Waals surface area contributed by atoms with Gasteiger partial charge in [0.15, 0.2) is 14.1 Å². The molecule has 0 aromatic heterocycles.